The highest BCUT2D eigenvalue weighted by Gasteiger charge is 2.22. The van der Waals surface area contributed by atoms with Crippen LogP contribution in [0.25, 0.3) is 0 Å². The van der Waals surface area contributed by atoms with Crippen molar-refractivity contribution in [1.82, 2.24) is 5.32 Å². The number of carbonyl (C=O) groups excluding carboxylic acids is 1. The molecule has 0 saturated heterocycles. The number of carbonyl (C=O) groups is 1. The van der Waals surface area contributed by atoms with E-state index in [4.69, 9.17) is 0 Å². The minimum absolute atomic E-state index is 0.368. The maximum absolute atomic E-state index is 12.3. The summed E-state index contributed by atoms with van der Waals surface area (Å²) in [6.07, 6.45) is 39.2. The van der Waals surface area contributed by atoms with Crippen LogP contribution in [0.4, 0.5) is 0 Å². The first-order valence-corrected chi connectivity index (χ1v) is 18.7. The smallest absolute Gasteiger partial charge is 0.249 e. The molecule has 0 aromatic heterocycles. The second-order valence-electron chi connectivity index (χ2n) is 12.8. The third-order valence-corrected chi connectivity index (χ3v) is 8.54. The Balaban J connectivity index is 3.68. The van der Waals surface area contributed by atoms with Crippen LogP contribution >= 0.6 is 0 Å². The standard InChI is InChI=1S/C38H73NO4/c1-3-5-7-9-11-13-14-15-16-17-18-19-20-21-22-23-25-26-28-30-32-36(41)35(34-40)39-38(43)37(42)33-31-29-27-24-12-10-8-6-4-2/h10,12,30,32,35-37,40-42H,3-9,11,13-29,31,33-34H2,1-2H3,(H,39,43)/b12-10-,32-30+. The maximum Gasteiger partial charge on any atom is 0.249 e. The molecule has 43 heavy (non-hydrogen) atoms. The van der Waals surface area contributed by atoms with Crippen LogP contribution in [-0.2, 0) is 4.79 Å². The lowest BCUT2D eigenvalue weighted by Gasteiger charge is -2.21. The number of unbranched alkanes of at least 4 members (excludes halogenated alkanes) is 23. The third kappa shape index (κ3) is 29.3. The van der Waals surface area contributed by atoms with Crippen LogP contribution in [-0.4, -0.2) is 46.1 Å². The molecule has 254 valence electrons. The van der Waals surface area contributed by atoms with Crippen molar-refractivity contribution in [2.75, 3.05) is 6.61 Å². The van der Waals surface area contributed by atoms with Crippen LogP contribution in [0.3, 0.4) is 0 Å². The van der Waals surface area contributed by atoms with Crippen molar-refractivity contribution in [2.45, 2.75) is 205 Å². The first-order valence-electron chi connectivity index (χ1n) is 18.7. The van der Waals surface area contributed by atoms with Gasteiger partial charge in [-0.3, -0.25) is 4.79 Å². The molecule has 3 unspecified atom stereocenters. The molecular weight excluding hydrogens is 534 g/mol. The number of hydrogen-bond acceptors (Lipinski definition) is 4. The highest BCUT2D eigenvalue weighted by atomic mass is 16.3. The van der Waals surface area contributed by atoms with E-state index in [2.05, 4.69) is 31.3 Å². The summed E-state index contributed by atoms with van der Waals surface area (Å²) in [6, 6.07) is -0.799. The molecule has 4 N–H and O–H groups in total. The van der Waals surface area contributed by atoms with Gasteiger partial charge in [-0.2, -0.15) is 0 Å². The molecule has 0 aliphatic heterocycles. The van der Waals surface area contributed by atoms with Crippen LogP contribution < -0.4 is 5.32 Å². The van der Waals surface area contributed by atoms with Gasteiger partial charge in [0.25, 0.3) is 0 Å². The largest absolute Gasteiger partial charge is 0.394 e. The fraction of sp³-hybridized carbons (Fsp3) is 0.868. The predicted octanol–water partition coefficient (Wildman–Crippen LogP) is 9.87. The third-order valence-electron chi connectivity index (χ3n) is 8.54. The quantitative estimate of drug-likeness (QED) is 0.0441. The van der Waals surface area contributed by atoms with Crippen molar-refractivity contribution in [1.29, 1.82) is 0 Å². The zero-order valence-electron chi connectivity index (χ0n) is 28.6. The van der Waals surface area contributed by atoms with Crippen molar-refractivity contribution in [3.05, 3.63) is 24.3 Å². The van der Waals surface area contributed by atoms with Gasteiger partial charge in [-0.1, -0.05) is 173 Å². The van der Waals surface area contributed by atoms with Crippen LogP contribution in [0.5, 0.6) is 0 Å². The lowest BCUT2D eigenvalue weighted by atomic mass is 10.0. The number of allylic oxidation sites excluding steroid dienone is 3. The van der Waals surface area contributed by atoms with Gasteiger partial charge in [0.15, 0.2) is 0 Å². The Labute approximate surface area is 267 Å². The molecule has 1 amide bonds. The average molecular weight is 608 g/mol. The second kappa shape index (κ2) is 33.7. The topological polar surface area (TPSA) is 89.8 Å². The van der Waals surface area contributed by atoms with Crippen LogP contribution in [0, 0.1) is 0 Å². The van der Waals surface area contributed by atoms with Gasteiger partial charge in [-0.15, -0.1) is 0 Å². The number of nitrogens with one attached hydrogen (secondary N) is 1. The summed E-state index contributed by atoms with van der Waals surface area (Å²) in [6.45, 7) is 4.11. The highest BCUT2D eigenvalue weighted by molar-refractivity contribution is 5.80. The molecule has 0 fully saturated rings. The number of amides is 1. The Morgan fingerprint density at radius 1 is 0.558 bits per heavy atom. The molecule has 0 aromatic rings. The van der Waals surface area contributed by atoms with Gasteiger partial charge in [0, 0.05) is 0 Å². The fourth-order valence-electron chi connectivity index (χ4n) is 5.52. The molecule has 0 spiro atoms. The molecule has 5 nitrogen and oxygen atoms in total. The predicted molar refractivity (Wildman–Crippen MR) is 185 cm³/mol. The molecule has 0 aliphatic rings. The number of aliphatic hydroxyl groups excluding tert-OH is 3. The lowest BCUT2D eigenvalue weighted by molar-refractivity contribution is -0.131. The fourth-order valence-corrected chi connectivity index (χ4v) is 5.52. The molecule has 5 heteroatoms. The van der Waals surface area contributed by atoms with Crippen molar-refractivity contribution >= 4 is 5.91 Å². The van der Waals surface area contributed by atoms with Crippen molar-refractivity contribution < 1.29 is 20.1 Å². The minimum atomic E-state index is -1.11. The molecular formula is C38H73NO4. The Morgan fingerprint density at radius 3 is 1.42 bits per heavy atom. The van der Waals surface area contributed by atoms with E-state index in [1.165, 1.54) is 122 Å². The number of rotatable bonds is 33. The Hall–Kier alpha value is -1.17. The molecule has 0 rings (SSSR count). The first-order chi connectivity index (χ1) is 21.1. The van der Waals surface area contributed by atoms with E-state index in [0.717, 1.165) is 44.9 Å². The highest BCUT2D eigenvalue weighted by Crippen LogP contribution is 2.15. The monoisotopic (exact) mass is 608 g/mol. The molecule has 0 saturated carbocycles. The van der Waals surface area contributed by atoms with Crippen LogP contribution in [0.1, 0.15) is 187 Å². The van der Waals surface area contributed by atoms with Crippen LogP contribution in [0.2, 0.25) is 0 Å². The van der Waals surface area contributed by atoms with E-state index in [0.29, 0.717) is 6.42 Å². The van der Waals surface area contributed by atoms with Gasteiger partial charge < -0.3 is 20.6 Å². The molecule has 0 aliphatic carbocycles. The summed E-state index contributed by atoms with van der Waals surface area (Å²) in [7, 11) is 0. The summed E-state index contributed by atoms with van der Waals surface area (Å²) in [5, 5.41) is 32.8. The van der Waals surface area contributed by atoms with Gasteiger partial charge in [0.05, 0.1) is 18.8 Å². The minimum Gasteiger partial charge on any atom is -0.394 e. The molecule has 0 bridgehead atoms. The van der Waals surface area contributed by atoms with Crippen molar-refractivity contribution in [3.8, 4) is 0 Å². The van der Waals surface area contributed by atoms with Gasteiger partial charge >= 0.3 is 0 Å². The number of aliphatic hydroxyl groups is 3. The van der Waals surface area contributed by atoms with E-state index in [-0.39, 0.29) is 6.61 Å². The SMILES string of the molecule is CCCC/C=C\CCCCCC(O)C(=O)NC(CO)C(O)/C=C/CCCCCCCCCCCCCCCCCCCC. The van der Waals surface area contributed by atoms with Gasteiger partial charge in [0.1, 0.15) is 6.10 Å². The molecule has 3 atom stereocenters. The van der Waals surface area contributed by atoms with Gasteiger partial charge in [-0.25, -0.2) is 0 Å². The van der Waals surface area contributed by atoms with E-state index >= 15 is 0 Å². The van der Waals surface area contributed by atoms with E-state index in [1.54, 1.807) is 6.08 Å². The summed E-state index contributed by atoms with van der Waals surface area (Å²) in [4.78, 5) is 12.3. The molecule has 0 aromatic carbocycles. The van der Waals surface area contributed by atoms with Crippen molar-refractivity contribution in [3.63, 3.8) is 0 Å². The van der Waals surface area contributed by atoms with Crippen molar-refractivity contribution in [2.24, 2.45) is 0 Å². The Bertz CT molecular complexity index is 635. The molecule has 0 heterocycles. The average Bonchev–Trinajstić information content (AvgIpc) is 3.01. The lowest BCUT2D eigenvalue weighted by Crippen LogP contribution is -2.48. The summed E-state index contributed by atoms with van der Waals surface area (Å²) < 4.78 is 0. The maximum atomic E-state index is 12.3. The van der Waals surface area contributed by atoms with Crippen LogP contribution in [0.15, 0.2) is 24.3 Å². The normalized spacial score (nSPS) is 14.1. The Kier molecular flexibility index (Phi) is 32.8. The second-order valence-corrected chi connectivity index (χ2v) is 12.8. The zero-order chi connectivity index (χ0) is 31.6. The van der Waals surface area contributed by atoms with Gasteiger partial charge in [0.2, 0.25) is 5.91 Å². The number of hydrogen-bond donors (Lipinski definition) is 4. The van der Waals surface area contributed by atoms with E-state index in [1.807, 2.05) is 6.08 Å². The summed E-state index contributed by atoms with van der Waals surface area (Å²) >= 11 is 0. The molecule has 0 radical (unpaired) electrons. The summed E-state index contributed by atoms with van der Waals surface area (Å²) in [5.41, 5.74) is 0. The van der Waals surface area contributed by atoms with Gasteiger partial charge in [-0.05, 0) is 38.5 Å². The summed E-state index contributed by atoms with van der Waals surface area (Å²) in [5.74, 6) is -0.519. The first kappa shape index (κ1) is 41.8. The zero-order valence-corrected chi connectivity index (χ0v) is 28.6. The van der Waals surface area contributed by atoms with E-state index in [9.17, 15) is 20.1 Å². The van der Waals surface area contributed by atoms with E-state index < -0.39 is 24.2 Å². The Morgan fingerprint density at radius 2 is 0.953 bits per heavy atom.